The van der Waals surface area contributed by atoms with Gasteiger partial charge in [-0.15, -0.1) is 0 Å². The van der Waals surface area contributed by atoms with Crippen LogP contribution in [0.4, 0.5) is 0 Å². The Morgan fingerprint density at radius 1 is 1.88 bits per heavy atom. The predicted molar refractivity (Wildman–Crippen MR) is 37.9 cm³/mol. The molecule has 0 bridgehead atoms. The quantitative estimate of drug-likeness (QED) is 0.575. The van der Waals surface area contributed by atoms with Crippen LogP contribution in [-0.4, -0.2) is 18.2 Å². The van der Waals surface area contributed by atoms with E-state index in [0.717, 1.165) is 0 Å². The second-order valence-electron chi connectivity index (χ2n) is 1.72. The van der Waals surface area contributed by atoms with E-state index in [1.165, 1.54) is 0 Å². The molecular formula is C5H11NOS. The van der Waals surface area contributed by atoms with Gasteiger partial charge in [-0.25, -0.2) is 0 Å². The Morgan fingerprint density at radius 3 is 2.50 bits per heavy atom. The molecule has 0 aromatic carbocycles. The van der Waals surface area contributed by atoms with Crippen molar-refractivity contribution in [1.82, 2.24) is 0 Å². The first-order chi connectivity index (χ1) is 3.66. The third-order valence-corrected chi connectivity index (χ3v) is 1.06. The Balaban J connectivity index is 3.24. The number of rotatable bonds is 3. The average Bonchev–Trinajstić information content (AvgIpc) is 1.65. The van der Waals surface area contributed by atoms with Crippen molar-refractivity contribution in [2.24, 2.45) is 5.73 Å². The molecule has 0 fully saturated rings. The standard InChI is InChI=1S/C5H11NOS/c1-4(7-2)3-5(6)8/h4H,3H2,1-2H3,(H2,6,8). The average molecular weight is 133 g/mol. The van der Waals surface area contributed by atoms with Crippen LogP contribution in [0.3, 0.4) is 0 Å². The summed E-state index contributed by atoms with van der Waals surface area (Å²) < 4.78 is 4.89. The van der Waals surface area contributed by atoms with E-state index in [1.54, 1.807) is 7.11 Å². The molecule has 0 heterocycles. The van der Waals surface area contributed by atoms with Gasteiger partial charge in [-0.1, -0.05) is 12.2 Å². The summed E-state index contributed by atoms with van der Waals surface area (Å²) in [6.07, 6.45) is 0.832. The summed E-state index contributed by atoms with van der Waals surface area (Å²) in [5, 5.41) is 0. The van der Waals surface area contributed by atoms with Gasteiger partial charge < -0.3 is 10.5 Å². The molecule has 0 radical (unpaired) electrons. The Morgan fingerprint density at radius 2 is 2.38 bits per heavy atom. The van der Waals surface area contributed by atoms with Crippen LogP contribution < -0.4 is 5.73 Å². The third-order valence-electron chi connectivity index (χ3n) is 0.891. The predicted octanol–water partition coefficient (Wildman–Crippen LogP) is 0.698. The molecule has 2 N–H and O–H groups in total. The lowest BCUT2D eigenvalue weighted by molar-refractivity contribution is 0.125. The van der Waals surface area contributed by atoms with Crippen molar-refractivity contribution in [1.29, 1.82) is 0 Å². The molecule has 0 saturated heterocycles. The van der Waals surface area contributed by atoms with Crippen LogP contribution >= 0.6 is 12.2 Å². The first-order valence-electron chi connectivity index (χ1n) is 2.48. The highest BCUT2D eigenvalue weighted by Gasteiger charge is 1.98. The first kappa shape index (κ1) is 7.85. The van der Waals surface area contributed by atoms with Crippen molar-refractivity contribution in [3.63, 3.8) is 0 Å². The number of thiocarbonyl (C=S) groups is 1. The van der Waals surface area contributed by atoms with E-state index in [4.69, 9.17) is 10.5 Å². The summed E-state index contributed by atoms with van der Waals surface area (Å²) in [6, 6.07) is 0. The van der Waals surface area contributed by atoms with Gasteiger partial charge in [-0.2, -0.15) is 0 Å². The van der Waals surface area contributed by atoms with Crippen LogP contribution in [0.25, 0.3) is 0 Å². The zero-order valence-corrected chi connectivity index (χ0v) is 5.99. The lowest BCUT2D eigenvalue weighted by atomic mass is 10.3. The van der Waals surface area contributed by atoms with E-state index in [0.29, 0.717) is 11.4 Å². The molecule has 1 unspecified atom stereocenters. The fourth-order valence-electron chi connectivity index (χ4n) is 0.367. The Hall–Kier alpha value is -0.150. The van der Waals surface area contributed by atoms with Crippen molar-refractivity contribution in [2.75, 3.05) is 7.11 Å². The molecule has 0 aliphatic rings. The molecule has 0 saturated carbocycles. The molecule has 0 aromatic rings. The lowest BCUT2D eigenvalue weighted by Crippen LogP contribution is -2.16. The molecule has 48 valence electrons. The molecule has 0 aromatic heterocycles. The van der Waals surface area contributed by atoms with Crippen LogP contribution in [0.5, 0.6) is 0 Å². The van der Waals surface area contributed by atoms with Crippen LogP contribution in [0.1, 0.15) is 13.3 Å². The number of hydrogen-bond donors (Lipinski definition) is 1. The molecule has 0 aliphatic carbocycles. The van der Waals surface area contributed by atoms with E-state index in [2.05, 4.69) is 12.2 Å². The van der Waals surface area contributed by atoms with E-state index in [1.807, 2.05) is 6.92 Å². The minimum Gasteiger partial charge on any atom is -0.393 e. The van der Waals surface area contributed by atoms with Gasteiger partial charge in [-0.05, 0) is 6.92 Å². The number of hydrogen-bond acceptors (Lipinski definition) is 2. The highest BCUT2D eigenvalue weighted by Crippen LogP contribution is 1.93. The summed E-state index contributed by atoms with van der Waals surface area (Å²) in [5.41, 5.74) is 5.22. The van der Waals surface area contributed by atoms with Gasteiger partial charge in [0.2, 0.25) is 0 Å². The monoisotopic (exact) mass is 133 g/mol. The second kappa shape index (κ2) is 3.80. The maximum atomic E-state index is 5.22. The number of nitrogens with two attached hydrogens (primary N) is 1. The van der Waals surface area contributed by atoms with Gasteiger partial charge in [0.25, 0.3) is 0 Å². The largest absolute Gasteiger partial charge is 0.393 e. The molecule has 0 rings (SSSR count). The van der Waals surface area contributed by atoms with Gasteiger partial charge in [0.15, 0.2) is 0 Å². The molecule has 3 heteroatoms. The van der Waals surface area contributed by atoms with Gasteiger partial charge in [0.05, 0.1) is 11.1 Å². The van der Waals surface area contributed by atoms with Gasteiger partial charge in [0.1, 0.15) is 0 Å². The number of ether oxygens (including phenoxy) is 1. The minimum absolute atomic E-state index is 0.160. The summed E-state index contributed by atoms with van der Waals surface area (Å²) in [6.45, 7) is 1.93. The summed E-state index contributed by atoms with van der Waals surface area (Å²) in [7, 11) is 1.64. The van der Waals surface area contributed by atoms with Crippen LogP contribution in [0.2, 0.25) is 0 Å². The van der Waals surface area contributed by atoms with E-state index in [-0.39, 0.29) is 6.10 Å². The molecule has 2 nitrogen and oxygen atoms in total. The SMILES string of the molecule is COC(C)CC(N)=S. The van der Waals surface area contributed by atoms with Crippen molar-refractivity contribution in [2.45, 2.75) is 19.4 Å². The zero-order chi connectivity index (χ0) is 6.57. The molecule has 0 amide bonds. The van der Waals surface area contributed by atoms with Gasteiger partial charge >= 0.3 is 0 Å². The van der Waals surface area contributed by atoms with Gasteiger partial charge in [-0.3, -0.25) is 0 Å². The van der Waals surface area contributed by atoms with Crippen LogP contribution in [0, 0.1) is 0 Å². The fourth-order valence-corrected chi connectivity index (χ4v) is 0.601. The molecule has 1 atom stereocenters. The Kier molecular flexibility index (Phi) is 3.73. The molecule has 8 heavy (non-hydrogen) atoms. The molecule has 0 spiro atoms. The lowest BCUT2D eigenvalue weighted by Gasteiger charge is -2.05. The molecule has 0 aliphatic heterocycles. The van der Waals surface area contributed by atoms with Crippen LogP contribution in [0.15, 0.2) is 0 Å². The smallest absolute Gasteiger partial charge is 0.0753 e. The zero-order valence-electron chi connectivity index (χ0n) is 5.18. The van der Waals surface area contributed by atoms with Crippen LogP contribution in [-0.2, 0) is 4.74 Å². The van der Waals surface area contributed by atoms with Crippen molar-refractivity contribution in [3.8, 4) is 0 Å². The highest BCUT2D eigenvalue weighted by atomic mass is 32.1. The normalized spacial score (nSPS) is 13.2. The van der Waals surface area contributed by atoms with Crippen molar-refractivity contribution in [3.05, 3.63) is 0 Å². The summed E-state index contributed by atoms with van der Waals surface area (Å²) in [5.74, 6) is 0. The van der Waals surface area contributed by atoms with Gasteiger partial charge in [0, 0.05) is 13.5 Å². The second-order valence-corrected chi connectivity index (χ2v) is 2.24. The minimum atomic E-state index is 0.160. The van der Waals surface area contributed by atoms with E-state index < -0.39 is 0 Å². The van der Waals surface area contributed by atoms with Crippen molar-refractivity contribution >= 4 is 17.2 Å². The first-order valence-corrected chi connectivity index (χ1v) is 2.88. The number of methoxy groups -OCH3 is 1. The molecular weight excluding hydrogens is 122 g/mol. The summed E-state index contributed by atoms with van der Waals surface area (Å²) >= 11 is 4.64. The topological polar surface area (TPSA) is 35.2 Å². The Labute approximate surface area is 55.0 Å². The van der Waals surface area contributed by atoms with E-state index >= 15 is 0 Å². The fraction of sp³-hybridized carbons (Fsp3) is 0.800. The maximum Gasteiger partial charge on any atom is 0.0753 e. The highest BCUT2D eigenvalue weighted by molar-refractivity contribution is 7.80. The van der Waals surface area contributed by atoms with Crippen molar-refractivity contribution < 1.29 is 4.74 Å². The van der Waals surface area contributed by atoms with E-state index in [9.17, 15) is 0 Å². The Bertz CT molecular complexity index is 84.5. The third kappa shape index (κ3) is 4.02. The summed E-state index contributed by atoms with van der Waals surface area (Å²) in [4.78, 5) is 0.513. The maximum absolute atomic E-state index is 5.22.